The summed E-state index contributed by atoms with van der Waals surface area (Å²) in [5, 5.41) is 23.1. The van der Waals surface area contributed by atoms with Crippen molar-refractivity contribution in [2.24, 2.45) is 5.41 Å². The summed E-state index contributed by atoms with van der Waals surface area (Å²) in [6.45, 7) is 3.76. The Bertz CT molecular complexity index is 1960. The van der Waals surface area contributed by atoms with Gasteiger partial charge in [-0.05, 0) is 75.1 Å². The Hall–Kier alpha value is -3.83. The average molecular weight is 856 g/mol. The number of benzene rings is 1. The van der Waals surface area contributed by atoms with Gasteiger partial charge in [0.15, 0.2) is 0 Å². The first-order valence-electron chi connectivity index (χ1n) is 19.5. The third-order valence-electron chi connectivity index (χ3n) is 11.9. The number of nitrogens with zero attached hydrogens (tertiary/aromatic N) is 3. The summed E-state index contributed by atoms with van der Waals surface area (Å²) in [7, 11) is 0. The van der Waals surface area contributed by atoms with Gasteiger partial charge in [0, 0.05) is 53.8 Å². The highest BCUT2D eigenvalue weighted by Gasteiger charge is 2.57. The van der Waals surface area contributed by atoms with Gasteiger partial charge in [-0.25, -0.2) is 0 Å². The number of carbonyl (C=O) groups excluding carboxylic acids is 2. The molecule has 2 aromatic heterocycles. The van der Waals surface area contributed by atoms with Gasteiger partial charge in [-0.15, -0.1) is 23.1 Å². The van der Waals surface area contributed by atoms with Crippen LogP contribution in [0.1, 0.15) is 111 Å². The number of aliphatic carboxylic acids is 1. The number of thioether (sulfide) groups is 1. The normalized spacial score (nSPS) is 22.5. The van der Waals surface area contributed by atoms with Gasteiger partial charge in [-0.1, -0.05) is 44.9 Å². The van der Waals surface area contributed by atoms with Gasteiger partial charge >= 0.3 is 18.3 Å². The third-order valence-corrected chi connectivity index (χ3v) is 14.1. The second-order valence-electron chi connectivity index (χ2n) is 15.7. The molecule has 2 aliphatic heterocycles. The number of alkyl halides is 6. The van der Waals surface area contributed by atoms with Gasteiger partial charge < -0.3 is 24.7 Å². The van der Waals surface area contributed by atoms with E-state index in [0.717, 1.165) is 46.0 Å². The predicted octanol–water partition coefficient (Wildman–Crippen LogP) is 9.43. The number of likely N-dealkylation sites (tertiary alicyclic amines) is 2. The molecule has 3 atom stereocenters. The van der Waals surface area contributed by atoms with Crippen LogP contribution in [0.4, 0.5) is 26.3 Å². The van der Waals surface area contributed by atoms with Crippen LogP contribution in [0.25, 0.3) is 0 Å². The Morgan fingerprint density at radius 3 is 2.29 bits per heavy atom. The van der Waals surface area contributed by atoms with E-state index in [1.165, 1.54) is 4.90 Å². The molecule has 3 aromatic rings. The zero-order valence-electron chi connectivity index (χ0n) is 32.2. The summed E-state index contributed by atoms with van der Waals surface area (Å²) in [6, 6.07) is 8.79. The monoisotopic (exact) mass is 855 g/mol. The van der Waals surface area contributed by atoms with Crippen molar-refractivity contribution in [3.63, 3.8) is 0 Å². The highest BCUT2D eigenvalue weighted by molar-refractivity contribution is 8.00. The number of aliphatic hydroxyl groups is 1. The Morgan fingerprint density at radius 2 is 1.69 bits per heavy atom. The lowest BCUT2D eigenvalue weighted by molar-refractivity contribution is -0.163. The minimum Gasteiger partial charge on any atom is -0.481 e. The van der Waals surface area contributed by atoms with Crippen molar-refractivity contribution in [1.82, 2.24) is 14.8 Å². The number of pyridine rings is 1. The molecule has 3 aliphatic rings. The standard InChI is InChI=1S/C41H47F6N3O6S2/c1-3-9-31-39(56-27-24-32(57-25-27)41(45,46)47,16-8-21-50(31)34(51)33-29(40(42,43)44)11-6-20-48-33)35(52)49-22-18-38(55,19-23-49)28-10-4-5-12-30(28)58-26(2)13-17-37(36(53)54)14-7-15-37/h4-6,10-12,20,24-26,31,55H,3,7-9,13-19,21-23H2,1-2H3,(H,53,54)/t26-,31?,39+/m1/s1. The third kappa shape index (κ3) is 8.86. The van der Waals surface area contributed by atoms with E-state index in [9.17, 15) is 46.1 Å². The van der Waals surface area contributed by atoms with Crippen molar-refractivity contribution in [3.8, 4) is 5.75 Å². The average Bonchev–Trinajstić information content (AvgIpc) is 3.64. The van der Waals surface area contributed by atoms with Gasteiger partial charge in [0.1, 0.15) is 16.3 Å². The molecule has 316 valence electrons. The molecule has 0 spiro atoms. The predicted molar refractivity (Wildman–Crippen MR) is 206 cm³/mol. The van der Waals surface area contributed by atoms with E-state index in [0.29, 0.717) is 49.0 Å². The van der Waals surface area contributed by atoms with Crippen LogP contribution >= 0.6 is 23.1 Å². The summed E-state index contributed by atoms with van der Waals surface area (Å²) in [5.41, 5.74) is -5.48. The minimum absolute atomic E-state index is 0.0127. The number of carboxylic acids is 1. The van der Waals surface area contributed by atoms with E-state index in [4.69, 9.17) is 4.74 Å². The van der Waals surface area contributed by atoms with Crippen LogP contribution in [0.5, 0.6) is 5.75 Å². The van der Waals surface area contributed by atoms with Gasteiger partial charge in [-0.2, -0.15) is 26.3 Å². The zero-order chi connectivity index (χ0) is 42.1. The summed E-state index contributed by atoms with van der Waals surface area (Å²) < 4.78 is 89.9. The van der Waals surface area contributed by atoms with Crippen LogP contribution in [-0.2, 0) is 27.5 Å². The number of piperidine rings is 2. The molecule has 0 bridgehead atoms. The van der Waals surface area contributed by atoms with E-state index >= 15 is 4.79 Å². The van der Waals surface area contributed by atoms with Gasteiger partial charge in [-0.3, -0.25) is 19.4 Å². The fourth-order valence-corrected chi connectivity index (χ4v) is 10.5. The maximum Gasteiger partial charge on any atom is 0.425 e. The van der Waals surface area contributed by atoms with Crippen molar-refractivity contribution >= 4 is 40.9 Å². The maximum absolute atomic E-state index is 15.0. The van der Waals surface area contributed by atoms with Crippen LogP contribution in [0.2, 0.25) is 0 Å². The summed E-state index contributed by atoms with van der Waals surface area (Å²) >= 11 is 1.92. The number of ether oxygens (including phenoxy) is 1. The number of amides is 2. The lowest BCUT2D eigenvalue weighted by atomic mass is 9.66. The second-order valence-corrected chi connectivity index (χ2v) is 18.1. The highest BCUT2D eigenvalue weighted by atomic mass is 32.2. The Morgan fingerprint density at radius 1 is 0.983 bits per heavy atom. The molecular formula is C41H47F6N3O6S2. The lowest BCUT2D eigenvalue weighted by Gasteiger charge is -2.51. The van der Waals surface area contributed by atoms with Gasteiger partial charge in [0.05, 0.1) is 22.6 Å². The molecule has 3 fully saturated rings. The first-order valence-corrected chi connectivity index (χ1v) is 21.3. The molecule has 1 aromatic carbocycles. The minimum atomic E-state index is -4.91. The number of thiophene rings is 1. The Labute approximate surface area is 341 Å². The number of aromatic nitrogens is 1. The number of hydrogen-bond acceptors (Lipinski definition) is 8. The summed E-state index contributed by atoms with van der Waals surface area (Å²) in [5.74, 6) is -2.73. The smallest absolute Gasteiger partial charge is 0.425 e. The van der Waals surface area contributed by atoms with E-state index in [1.54, 1.807) is 24.8 Å². The SMILES string of the molecule is CCCC1N(C(=O)c2ncccc2C(F)(F)F)CCC[C@@]1(Oc1csc(C(F)(F)F)c1)C(=O)N1CCC(O)(c2ccccc2S[C@H](C)CCC2(C(=O)O)CCC2)CC1. The molecule has 1 saturated carbocycles. The second kappa shape index (κ2) is 17.0. The van der Waals surface area contributed by atoms with E-state index in [-0.39, 0.29) is 62.7 Å². The van der Waals surface area contributed by atoms with E-state index < -0.39 is 68.9 Å². The van der Waals surface area contributed by atoms with Crippen LogP contribution in [-0.4, -0.2) is 79.3 Å². The van der Waals surface area contributed by atoms with Crippen molar-refractivity contribution < 1.29 is 55.7 Å². The largest absolute Gasteiger partial charge is 0.481 e. The number of hydrogen-bond donors (Lipinski definition) is 2. The van der Waals surface area contributed by atoms with Crippen molar-refractivity contribution in [2.75, 3.05) is 19.6 Å². The molecule has 6 rings (SSSR count). The molecular weight excluding hydrogens is 809 g/mol. The van der Waals surface area contributed by atoms with Gasteiger partial charge in [0.25, 0.3) is 11.8 Å². The van der Waals surface area contributed by atoms with E-state index in [2.05, 4.69) is 4.98 Å². The molecule has 58 heavy (non-hydrogen) atoms. The molecule has 2 N–H and O–H groups in total. The molecule has 2 saturated heterocycles. The molecule has 2 amide bonds. The molecule has 1 aliphatic carbocycles. The Balaban J connectivity index is 1.27. The topological polar surface area (TPSA) is 120 Å². The highest BCUT2D eigenvalue weighted by Crippen LogP contribution is 2.48. The quantitative estimate of drug-likeness (QED) is 0.129. The molecule has 9 nitrogen and oxygen atoms in total. The van der Waals surface area contributed by atoms with Gasteiger partial charge in [0.2, 0.25) is 5.60 Å². The van der Waals surface area contributed by atoms with Crippen molar-refractivity contribution in [3.05, 3.63) is 75.7 Å². The lowest BCUT2D eigenvalue weighted by Crippen LogP contribution is -2.68. The van der Waals surface area contributed by atoms with Crippen LogP contribution in [0.3, 0.4) is 0 Å². The summed E-state index contributed by atoms with van der Waals surface area (Å²) in [4.78, 5) is 47.3. The maximum atomic E-state index is 15.0. The fraction of sp³-hybridized carbons (Fsp3) is 0.561. The number of rotatable bonds is 13. The van der Waals surface area contributed by atoms with Crippen LogP contribution < -0.4 is 4.74 Å². The first kappa shape index (κ1) is 43.7. The molecule has 1 unspecified atom stereocenters. The molecule has 17 heteroatoms. The van der Waals surface area contributed by atoms with Crippen LogP contribution in [0.15, 0.2) is 58.9 Å². The fourth-order valence-electron chi connectivity index (χ4n) is 8.58. The number of carboxylic acid groups (broad SMARTS) is 1. The first-order chi connectivity index (χ1) is 27.3. The Kier molecular flexibility index (Phi) is 12.8. The van der Waals surface area contributed by atoms with E-state index in [1.807, 2.05) is 25.1 Å². The zero-order valence-corrected chi connectivity index (χ0v) is 33.8. The molecule has 0 radical (unpaired) electrons. The number of halogens is 6. The van der Waals surface area contributed by atoms with Crippen molar-refractivity contribution in [2.45, 2.75) is 124 Å². The molecule has 4 heterocycles. The van der Waals surface area contributed by atoms with Crippen molar-refractivity contribution in [1.29, 1.82) is 0 Å². The summed E-state index contributed by atoms with van der Waals surface area (Å²) in [6.07, 6.45) is -4.44. The number of carbonyl (C=O) groups is 3. The van der Waals surface area contributed by atoms with Crippen LogP contribution in [0, 0.1) is 5.41 Å².